The third-order valence-corrected chi connectivity index (χ3v) is 5.06. The Hall–Kier alpha value is -0.170. The molecule has 1 saturated heterocycles. The highest BCUT2D eigenvalue weighted by Gasteiger charge is 2.21. The van der Waals surface area contributed by atoms with E-state index in [0.717, 1.165) is 26.1 Å². The molecule has 1 heterocycles. The lowest BCUT2D eigenvalue weighted by atomic mass is 10.1. The molecule has 0 saturated carbocycles. The van der Waals surface area contributed by atoms with Gasteiger partial charge in [-0.05, 0) is 25.7 Å². The maximum Gasteiger partial charge on any atom is 0.215 e. The van der Waals surface area contributed by atoms with Gasteiger partial charge >= 0.3 is 0 Å². The maximum atomic E-state index is 11.9. The third-order valence-electron chi connectivity index (χ3n) is 3.22. The standard InChI is InChI=1S/C12H26N2O3S/c1-10(2)13-8-11(3)18(15,16)14-6-4-12-5-7-17-9-12/h10-14H,4-9H2,1-3H3. The number of nitrogens with one attached hydrogen (secondary N) is 2. The van der Waals surface area contributed by atoms with Crippen LogP contribution in [0.5, 0.6) is 0 Å². The van der Waals surface area contributed by atoms with E-state index in [1.54, 1.807) is 6.92 Å². The molecule has 2 N–H and O–H groups in total. The average Bonchev–Trinajstić information content (AvgIpc) is 2.78. The summed E-state index contributed by atoms with van der Waals surface area (Å²) >= 11 is 0. The van der Waals surface area contributed by atoms with Gasteiger partial charge in [0, 0.05) is 32.3 Å². The zero-order chi connectivity index (χ0) is 13.6. The summed E-state index contributed by atoms with van der Waals surface area (Å²) in [7, 11) is -3.20. The molecule has 1 rings (SSSR count). The van der Waals surface area contributed by atoms with E-state index in [-0.39, 0.29) is 0 Å². The lowest BCUT2D eigenvalue weighted by Crippen LogP contribution is -2.41. The van der Waals surface area contributed by atoms with Crippen molar-refractivity contribution in [1.82, 2.24) is 10.0 Å². The van der Waals surface area contributed by atoms with Crippen LogP contribution in [0.15, 0.2) is 0 Å². The molecule has 1 fully saturated rings. The topological polar surface area (TPSA) is 67.4 Å². The number of hydrogen-bond acceptors (Lipinski definition) is 4. The molecule has 108 valence electrons. The van der Waals surface area contributed by atoms with Crippen molar-refractivity contribution in [1.29, 1.82) is 0 Å². The van der Waals surface area contributed by atoms with Crippen LogP contribution in [0, 0.1) is 5.92 Å². The van der Waals surface area contributed by atoms with E-state index in [2.05, 4.69) is 10.0 Å². The van der Waals surface area contributed by atoms with E-state index < -0.39 is 15.3 Å². The van der Waals surface area contributed by atoms with Crippen molar-refractivity contribution in [3.05, 3.63) is 0 Å². The quantitative estimate of drug-likeness (QED) is 0.686. The largest absolute Gasteiger partial charge is 0.381 e. The predicted molar refractivity (Wildman–Crippen MR) is 73.1 cm³/mol. The summed E-state index contributed by atoms with van der Waals surface area (Å²) in [5.74, 6) is 0.511. The lowest BCUT2D eigenvalue weighted by Gasteiger charge is -2.17. The van der Waals surface area contributed by atoms with Crippen LogP contribution in [0.25, 0.3) is 0 Å². The molecule has 2 atom stereocenters. The first-order valence-electron chi connectivity index (χ1n) is 6.71. The van der Waals surface area contributed by atoms with E-state index in [9.17, 15) is 8.42 Å². The number of sulfonamides is 1. The Bertz CT molecular complexity index is 324. The van der Waals surface area contributed by atoms with E-state index in [1.807, 2.05) is 13.8 Å². The van der Waals surface area contributed by atoms with Crippen LogP contribution in [0.3, 0.4) is 0 Å². The molecule has 5 nitrogen and oxygen atoms in total. The summed E-state index contributed by atoms with van der Waals surface area (Å²) in [5, 5.41) is 2.74. The number of hydrogen-bond donors (Lipinski definition) is 2. The lowest BCUT2D eigenvalue weighted by molar-refractivity contribution is 0.184. The fourth-order valence-corrected chi connectivity index (χ4v) is 2.87. The molecule has 0 aromatic rings. The fraction of sp³-hybridized carbons (Fsp3) is 1.00. The third kappa shape index (κ3) is 5.65. The number of rotatable bonds is 8. The number of ether oxygens (including phenoxy) is 1. The van der Waals surface area contributed by atoms with Gasteiger partial charge in [-0.15, -0.1) is 0 Å². The van der Waals surface area contributed by atoms with Gasteiger partial charge in [0.05, 0.1) is 5.25 Å². The van der Waals surface area contributed by atoms with E-state index >= 15 is 0 Å². The summed E-state index contributed by atoms with van der Waals surface area (Å²) in [6.45, 7) is 8.33. The minimum atomic E-state index is -3.20. The summed E-state index contributed by atoms with van der Waals surface area (Å²) in [6, 6.07) is 0.304. The minimum Gasteiger partial charge on any atom is -0.381 e. The van der Waals surface area contributed by atoms with Gasteiger partial charge in [0.1, 0.15) is 0 Å². The van der Waals surface area contributed by atoms with E-state index in [0.29, 0.717) is 25.0 Å². The van der Waals surface area contributed by atoms with Crippen LogP contribution in [-0.4, -0.2) is 46.0 Å². The Balaban J connectivity index is 2.25. The van der Waals surface area contributed by atoms with Gasteiger partial charge in [-0.2, -0.15) is 0 Å². The molecule has 0 bridgehead atoms. The second-order valence-electron chi connectivity index (χ2n) is 5.33. The van der Waals surface area contributed by atoms with Crippen LogP contribution in [0.1, 0.15) is 33.6 Å². The molecule has 0 spiro atoms. The molecule has 0 amide bonds. The molecule has 1 aliphatic rings. The Kier molecular flexibility index (Phi) is 6.55. The van der Waals surface area contributed by atoms with Crippen LogP contribution >= 0.6 is 0 Å². The first kappa shape index (κ1) is 15.9. The van der Waals surface area contributed by atoms with Gasteiger partial charge in [0.25, 0.3) is 0 Å². The van der Waals surface area contributed by atoms with Crippen molar-refractivity contribution in [2.24, 2.45) is 5.92 Å². The molecular formula is C12H26N2O3S. The highest BCUT2D eigenvalue weighted by molar-refractivity contribution is 7.90. The van der Waals surface area contributed by atoms with Crippen molar-refractivity contribution >= 4 is 10.0 Å². The normalized spacial score (nSPS) is 22.6. The summed E-state index contributed by atoms with van der Waals surface area (Å²) in [4.78, 5) is 0. The highest BCUT2D eigenvalue weighted by Crippen LogP contribution is 2.15. The van der Waals surface area contributed by atoms with Gasteiger partial charge in [-0.25, -0.2) is 13.1 Å². The molecule has 18 heavy (non-hydrogen) atoms. The Morgan fingerprint density at radius 1 is 1.33 bits per heavy atom. The Morgan fingerprint density at radius 3 is 2.61 bits per heavy atom. The summed E-state index contributed by atoms with van der Waals surface area (Å²) in [6.07, 6.45) is 1.91. The second kappa shape index (κ2) is 7.43. The van der Waals surface area contributed by atoms with Crippen LogP contribution in [-0.2, 0) is 14.8 Å². The highest BCUT2D eigenvalue weighted by atomic mass is 32.2. The second-order valence-corrected chi connectivity index (χ2v) is 7.51. The molecule has 0 radical (unpaired) electrons. The molecule has 1 aliphatic heterocycles. The van der Waals surface area contributed by atoms with Crippen molar-refractivity contribution in [2.75, 3.05) is 26.3 Å². The minimum absolute atomic E-state index is 0.304. The van der Waals surface area contributed by atoms with Crippen molar-refractivity contribution < 1.29 is 13.2 Å². The van der Waals surface area contributed by atoms with Gasteiger partial charge in [0.2, 0.25) is 10.0 Å². The van der Waals surface area contributed by atoms with Gasteiger partial charge in [-0.3, -0.25) is 0 Å². The first-order valence-corrected chi connectivity index (χ1v) is 8.26. The molecule has 6 heteroatoms. The Morgan fingerprint density at radius 2 is 2.06 bits per heavy atom. The monoisotopic (exact) mass is 278 g/mol. The van der Waals surface area contributed by atoms with E-state index in [4.69, 9.17) is 4.74 Å². The Labute approximate surface area is 111 Å². The first-order chi connectivity index (χ1) is 8.42. The summed E-state index contributed by atoms with van der Waals surface area (Å²) in [5.41, 5.74) is 0. The van der Waals surface area contributed by atoms with Crippen LogP contribution < -0.4 is 10.0 Å². The average molecular weight is 278 g/mol. The van der Waals surface area contributed by atoms with Crippen molar-refractivity contribution in [3.8, 4) is 0 Å². The molecule has 0 aromatic carbocycles. The zero-order valence-corrected chi connectivity index (χ0v) is 12.4. The SMILES string of the molecule is CC(C)NCC(C)S(=O)(=O)NCCC1CCOC1. The molecule has 2 unspecified atom stereocenters. The molecule has 0 aliphatic carbocycles. The van der Waals surface area contributed by atoms with E-state index in [1.165, 1.54) is 0 Å². The molecular weight excluding hydrogens is 252 g/mol. The zero-order valence-electron chi connectivity index (χ0n) is 11.6. The van der Waals surface area contributed by atoms with Crippen LogP contribution in [0.2, 0.25) is 0 Å². The smallest absolute Gasteiger partial charge is 0.215 e. The summed E-state index contributed by atoms with van der Waals surface area (Å²) < 4.78 is 31.8. The maximum absolute atomic E-state index is 11.9. The fourth-order valence-electron chi connectivity index (χ4n) is 1.87. The van der Waals surface area contributed by atoms with Gasteiger partial charge in [0.15, 0.2) is 0 Å². The van der Waals surface area contributed by atoms with Crippen LogP contribution in [0.4, 0.5) is 0 Å². The van der Waals surface area contributed by atoms with Gasteiger partial charge in [-0.1, -0.05) is 13.8 Å². The molecule has 0 aromatic heterocycles. The van der Waals surface area contributed by atoms with Crippen molar-refractivity contribution in [3.63, 3.8) is 0 Å². The van der Waals surface area contributed by atoms with Gasteiger partial charge < -0.3 is 10.1 Å². The predicted octanol–water partition coefficient (Wildman–Crippen LogP) is 0.719. The van der Waals surface area contributed by atoms with Crippen molar-refractivity contribution in [2.45, 2.75) is 44.9 Å².